The van der Waals surface area contributed by atoms with Crippen LogP contribution in [-0.4, -0.2) is 27.7 Å². The van der Waals surface area contributed by atoms with E-state index in [4.69, 9.17) is 0 Å². The summed E-state index contributed by atoms with van der Waals surface area (Å²) in [6.07, 6.45) is 3.15. The first-order valence-electron chi connectivity index (χ1n) is 7.46. The van der Waals surface area contributed by atoms with Gasteiger partial charge in [-0.25, -0.2) is 14.8 Å². The number of nitrogens with one attached hydrogen (secondary N) is 2. The van der Waals surface area contributed by atoms with E-state index in [1.165, 1.54) is 0 Å². The Morgan fingerprint density at radius 1 is 1.17 bits per heavy atom. The lowest BCUT2D eigenvalue weighted by molar-refractivity contribution is 0.225. The van der Waals surface area contributed by atoms with Crippen LogP contribution in [0, 0.1) is 0 Å². The Morgan fingerprint density at radius 3 is 2.30 bits per heavy atom. The zero-order valence-electron chi connectivity index (χ0n) is 13.6. The molecule has 1 heterocycles. The fraction of sp³-hybridized carbons (Fsp3) is 0.353. The van der Waals surface area contributed by atoms with Crippen molar-refractivity contribution in [3.63, 3.8) is 0 Å². The van der Waals surface area contributed by atoms with E-state index in [1.807, 2.05) is 51.1 Å². The molecule has 23 heavy (non-hydrogen) atoms. The van der Waals surface area contributed by atoms with Gasteiger partial charge in [-0.2, -0.15) is 0 Å². The van der Waals surface area contributed by atoms with Gasteiger partial charge in [-0.1, -0.05) is 51.1 Å². The third-order valence-corrected chi connectivity index (χ3v) is 3.27. The van der Waals surface area contributed by atoms with Gasteiger partial charge in [0.25, 0.3) is 0 Å². The zero-order valence-corrected chi connectivity index (χ0v) is 13.6. The number of anilines is 1. The van der Waals surface area contributed by atoms with Crippen molar-refractivity contribution in [2.24, 2.45) is 0 Å². The number of rotatable bonds is 4. The Balaban J connectivity index is 1.99. The standard InChI is InChI=1S/C17H22N4O2/c1-17(2,3)15-18-9-13(10-19-15)20-16(23)21-14(11-22)12-7-5-4-6-8-12/h4-10,14,22H,11H2,1-3H3,(H2,20,21,23). The number of hydrogen-bond acceptors (Lipinski definition) is 4. The predicted molar refractivity (Wildman–Crippen MR) is 89.2 cm³/mol. The molecule has 0 fully saturated rings. The molecule has 0 aliphatic rings. The number of aliphatic hydroxyl groups is 1. The lowest BCUT2D eigenvalue weighted by Gasteiger charge is -2.18. The van der Waals surface area contributed by atoms with Crippen molar-refractivity contribution in [1.82, 2.24) is 15.3 Å². The summed E-state index contributed by atoms with van der Waals surface area (Å²) in [5.74, 6) is 0.709. The van der Waals surface area contributed by atoms with Crippen molar-refractivity contribution in [3.8, 4) is 0 Å². The molecule has 2 aromatic rings. The largest absolute Gasteiger partial charge is 0.394 e. The second-order valence-corrected chi connectivity index (χ2v) is 6.29. The number of carbonyl (C=O) groups is 1. The Labute approximate surface area is 136 Å². The molecule has 6 heteroatoms. The summed E-state index contributed by atoms with van der Waals surface area (Å²) >= 11 is 0. The lowest BCUT2D eigenvalue weighted by atomic mass is 9.96. The Morgan fingerprint density at radius 2 is 1.78 bits per heavy atom. The van der Waals surface area contributed by atoms with Gasteiger partial charge in [-0.15, -0.1) is 0 Å². The van der Waals surface area contributed by atoms with Crippen LogP contribution in [0.15, 0.2) is 42.7 Å². The minimum atomic E-state index is -0.467. The summed E-state index contributed by atoms with van der Waals surface area (Å²) < 4.78 is 0. The molecular formula is C17H22N4O2. The van der Waals surface area contributed by atoms with E-state index < -0.39 is 12.1 Å². The van der Waals surface area contributed by atoms with Gasteiger partial charge in [-0.05, 0) is 5.56 Å². The van der Waals surface area contributed by atoms with E-state index in [-0.39, 0.29) is 12.0 Å². The van der Waals surface area contributed by atoms with E-state index in [0.29, 0.717) is 11.5 Å². The van der Waals surface area contributed by atoms with Gasteiger partial charge in [0.1, 0.15) is 5.82 Å². The first-order valence-corrected chi connectivity index (χ1v) is 7.46. The van der Waals surface area contributed by atoms with Crippen LogP contribution in [0.4, 0.5) is 10.5 Å². The maximum Gasteiger partial charge on any atom is 0.319 e. The molecule has 6 nitrogen and oxygen atoms in total. The van der Waals surface area contributed by atoms with Gasteiger partial charge in [0.05, 0.1) is 30.7 Å². The van der Waals surface area contributed by atoms with E-state index >= 15 is 0 Å². The highest BCUT2D eigenvalue weighted by molar-refractivity contribution is 5.89. The van der Waals surface area contributed by atoms with E-state index in [0.717, 1.165) is 5.56 Å². The molecule has 0 spiro atoms. The SMILES string of the molecule is CC(C)(C)c1ncc(NC(=O)NC(CO)c2ccccc2)cn1. The van der Waals surface area contributed by atoms with Crippen molar-refractivity contribution in [1.29, 1.82) is 0 Å². The van der Waals surface area contributed by atoms with Crippen LogP contribution < -0.4 is 10.6 Å². The molecule has 0 aliphatic carbocycles. The van der Waals surface area contributed by atoms with Crippen LogP contribution in [-0.2, 0) is 5.41 Å². The first kappa shape index (κ1) is 16.9. The predicted octanol–water partition coefficient (Wildman–Crippen LogP) is 2.63. The lowest BCUT2D eigenvalue weighted by Crippen LogP contribution is -2.34. The molecule has 0 saturated carbocycles. The molecule has 2 rings (SSSR count). The normalized spacial score (nSPS) is 12.5. The zero-order chi connectivity index (χ0) is 16.9. The van der Waals surface area contributed by atoms with Crippen LogP contribution in [0.5, 0.6) is 0 Å². The van der Waals surface area contributed by atoms with E-state index in [1.54, 1.807) is 12.4 Å². The number of aromatic nitrogens is 2. The minimum absolute atomic E-state index is 0.143. The molecule has 122 valence electrons. The van der Waals surface area contributed by atoms with Gasteiger partial charge in [0.2, 0.25) is 0 Å². The van der Waals surface area contributed by atoms with Crippen molar-refractivity contribution in [2.75, 3.05) is 11.9 Å². The molecule has 1 atom stereocenters. The second kappa shape index (κ2) is 7.19. The maximum absolute atomic E-state index is 12.0. The molecule has 0 aliphatic heterocycles. The summed E-state index contributed by atoms with van der Waals surface area (Å²) in [6, 6.07) is 8.41. The summed E-state index contributed by atoms with van der Waals surface area (Å²) in [5, 5.41) is 14.8. The average Bonchev–Trinajstić information content (AvgIpc) is 2.53. The molecule has 2 amide bonds. The second-order valence-electron chi connectivity index (χ2n) is 6.29. The monoisotopic (exact) mass is 314 g/mol. The summed E-state index contributed by atoms with van der Waals surface area (Å²) in [4.78, 5) is 20.6. The average molecular weight is 314 g/mol. The number of carbonyl (C=O) groups excluding carboxylic acids is 1. The highest BCUT2D eigenvalue weighted by atomic mass is 16.3. The van der Waals surface area contributed by atoms with Crippen LogP contribution >= 0.6 is 0 Å². The third-order valence-electron chi connectivity index (χ3n) is 3.27. The molecule has 1 aromatic carbocycles. The van der Waals surface area contributed by atoms with Gasteiger partial charge in [0, 0.05) is 5.41 Å². The highest BCUT2D eigenvalue weighted by Crippen LogP contribution is 2.18. The Bertz CT molecular complexity index is 636. The molecule has 1 aromatic heterocycles. The number of hydrogen-bond donors (Lipinski definition) is 3. The quantitative estimate of drug-likeness (QED) is 0.809. The molecule has 0 radical (unpaired) electrons. The highest BCUT2D eigenvalue weighted by Gasteiger charge is 2.17. The number of urea groups is 1. The fourth-order valence-electron chi connectivity index (χ4n) is 2.03. The van der Waals surface area contributed by atoms with Crippen molar-refractivity contribution in [3.05, 3.63) is 54.1 Å². The van der Waals surface area contributed by atoms with Crippen molar-refractivity contribution < 1.29 is 9.90 Å². The molecule has 3 N–H and O–H groups in total. The number of aliphatic hydroxyl groups excluding tert-OH is 1. The summed E-state index contributed by atoms with van der Waals surface area (Å²) in [5.41, 5.74) is 1.19. The Hall–Kier alpha value is -2.47. The summed E-state index contributed by atoms with van der Waals surface area (Å²) in [6.45, 7) is 5.88. The van der Waals surface area contributed by atoms with Gasteiger partial charge >= 0.3 is 6.03 Å². The van der Waals surface area contributed by atoms with Crippen LogP contribution in [0.1, 0.15) is 38.2 Å². The van der Waals surface area contributed by atoms with Crippen molar-refractivity contribution in [2.45, 2.75) is 32.2 Å². The van der Waals surface area contributed by atoms with Gasteiger partial charge in [-0.3, -0.25) is 0 Å². The van der Waals surface area contributed by atoms with Crippen LogP contribution in [0.25, 0.3) is 0 Å². The van der Waals surface area contributed by atoms with E-state index in [9.17, 15) is 9.90 Å². The van der Waals surface area contributed by atoms with Crippen LogP contribution in [0.3, 0.4) is 0 Å². The fourth-order valence-corrected chi connectivity index (χ4v) is 2.03. The third kappa shape index (κ3) is 4.75. The van der Waals surface area contributed by atoms with Gasteiger partial charge in [0.15, 0.2) is 0 Å². The number of benzene rings is 1. The van der Waals surface area contributed by atoms with Gasteiger partial charge < -0.3 is 15.7 Å². The smallest absolute Gasteiger partial charge is 0.319 e. The number of nitrogens with zero attached hydrogens (tertiary/aromatic N) is 2. The minimum Gasteiger partial charge on any atom is -0.394 e. The van der Waals surface area contributed by atoms with Crippen LogP contribution in [0.2, 0.25) is 0 Å². The molecular weight excluding hydrogens is 292 g/mol. The maximum atomic E-state index is 12.0. The molecule has 0 saturated heterocycles. The van der Waals surface area contributed by atoms with E-state index in [2.05, 4.69) is 20.6 Å². The van der Waals surface area contributed by atoms with Crippen molar-refractivity contribution >= 4 is 11.7 Å². The molecule has 1 unspecified atom stereocenters. The first-order chi connectivity index (χ1) is 10.9. The topological polar surface area (TPSA) is 87.1 Å². The molecule has 0 bridgehead atoms. The Kier molecular flexibility index (Phi) is 5.28. The summed E-state index contributed by atoms with van der Waals surface area (Å²) in [7, 11) is 0. The number of amides is 2.